The first-order valence-electron chi connectivity index (χ1n) is 15.3. The van der Waals surface area contributed by atoms with Gasteiger partial charge in [0.25, 0.3) is 0 Å². The van der Waals surface area contributed by atoms with Gasteiger partial charge in [0.05, 0.1) is 20.3 Å². The van der Waals surface area contributed by atoms with E-state index in [1.54, 1.807) is 24.3 Å². The van der Waals surface area contributed by atoms with E-state index in [4.69, 9.17) is 29.2 Å². The van der Waals surface area contributed by atoms with Gasteiger partial charge in [0.1, 0.15) is 36.5 Å². The van der Waals surface area contributed by atoms with Gasteiger partial charge in [-0.3, -0.25) is 18.7 Å². The van der Waals surface area contributed by atoms with Crippen molar-refractivity contribution in [3.05, 3.63) is 39.7 Å². The maximum atomic E-state index is 14.3. The molecule has 49 heavy (non-hydrogen) atoms. The molecule has 1 aliphatic heterocycles. The van der Waals surface area contributed by atoms with E-state index in [2.05, 4.69) is 25.1 Å². The number of aromatic nitrogens is 4. The summed E-state index contributed by atoms with van der Waals surface area (Å²) >= 11 is 1.90. The highest BCUT2D eigenvalue weighted by Crippen LogP contribution is 2.45. The highest BCUT2D eigenvalue weighted by Gasteiger charge is 2.54. The maximum Gasteiger partial charge on any atom is 0.342 e. The van der Waals surface area contributed by atoms with E-state index in [1.165, 1.54) is 32.4 Å². The molecule has 0 radical (unpaired) electrons. The van der Waals surface area contributed by atoms with E-state index in [9.17, 15) is 24.4 Å². The number of nitrogens with two attached hydrogens (primary N) is 1. The predicted octanol–water partition coefficient (Wildman–Crippen LogP) is 2.44. The molecule has 6 N–H and O–H groups in total. The Balaban J connectivity index is 1.54. The first-order chi connectivity index (χ1) is 22.8. The molecule has 0 bridgehead atoms. The van der Waals surface area contributed by atoms with Gasteiger partial charge in [-0.05, 0) is 31.7 Å². The van der Waals surface area contributed by atoms with Crippen molar-refractivity contribution in [2.24, 2.45) is 5.41 Å². The van der Waals surface area contributed by atoms with Crippen molar-refractivity contribution >= 4 is 59.3 Å². The van der Waals surface area contributed by atoms with Crippen LogP contribution in [0.3, 0.4) is 0 Å². The van der Waals surface area contributed by atoms with E-state index in [0.29, 0.717) is 3.83 Å². The zero-order valence-electron chi connectivity index (χ0n) is 28.2. The molecule has 7 atom stereocenters. The number of rotatable bonds is 14. The Morgan fingerprint density at radius 3 is 2.33 bits per heavy atom. The number of aliphatic hydroxyl groups is 2. The molecule has 3 heterocycles. The van der Waals surface area contributed by atoms with Crippen LogP contribution in [0.25, 0.3) is 11.2 Å². The van der Waals surface area contributed by atoms with Gasteiger partial charge in [0.2, 0.25) is 11.8 Å². The van der Waals surface area contributed by atoms with E-state index < -0.39 is 62.3 Å². The van der Waals surface area contributed by atoms with E-state index in [-0.39, 0.29) is 41.6 Å². The molecule has 17 nitrogen and oxygen atoms in total. The lowest BCUT2D eigenvalue weighted by atomic mass is 9.96. The van der Waals surface area contributed by atoms with Crippen LogP contribution < -0.4 is 20.6 Å². The number of halogens is 1. The Hall–Kier alpha value is -2.97. The molecular weight excluding hydrogens is 776 g/mol. The van der Waals surface area contributed by atoms with Crippen molar-refractivity contribution in [2.75, 3.05) is 26.1 Å². The highest BCUT2D eigenvalue weighted by atomic mass is 127. The fraction of sp³-hybridized carbons (Fsp3) is 0.567. The number of methoxy groups -OCH3 is 1. The number of aliphatic hydroxyl groups excluding tert-OH is 1. The number of carbonyl (C=O) groups is 2. The lowest BCUT2D eigenvalue weighted by Gasteiger charge is -2.28. The van der Waals surface area contributed by atoms with Gasteiger partial charge in [0.15, 0.2) is 21.2 Å². The number of anilines is 1. The first kappa shape index (κ1) is 38.8. The number of nitrogens with one attached hydrogen (secondary N) is 2. The zero-order chi connectivity index (χ0) is 36.3. The summed E-state index contributed by atoms with van der Waals surface area (Å²) in [4.78, 5) is 38.4. The number of ether oxygens (including phenoxy) is 4. The molecule has 1 unspecified atom stereocenters. The number of fused-ring (bicyclic) bond motifs is 1. The normalized spacial score (nSPS) is 23.5. The van der Waals surface area contributed by atoms with Crippen molar-refractivity contribution < 1.29 is 47.8 Å². The molecule has 1 aromatic carbocycles. The molecule has 19 heteroatoms. The first-order valence-corrected chi connectivity index (χ1v) is 18.0. The Bertz CT molecular complexity index is 1690. The number of hydrogen-bond donors (Lipinski definition) is 5. The summed E-state index contributed by atoms with van der Waals surface area (Å²) in [7, 11) is -2.92. The second kappa shape index (κ2) is 15.5. The van der Waals surface area contributed by atoms with Crippen LogP contribution in [0.1, 0.15) is 53.3 Å². The number of benzene rings is 1. The highest BCUT2D eigenvalue weighted by molar-refractivity contribution is 14.1. The van der Waals surface area contributed by atoms with Crippen molar-refractivity contribution in [3.63, 3.8) is 0 Å². The average molecular weight is 820 g/mol. The predicted molar refractivity (Wildman–Crippen MR) is 185 cm³/mol. The molecule has 0 aliphatic carbocycles. The molecule has 0 spiro atoms. The van der Waals surface area contributed by atoms with Gasteiger partial charge in [0, 0.05) is 22.6 Å². The zero-order valence-corrected chi connectivity index (χ0v) is 31.3. The molecule has 0 saturated carbocycles. The Morgan fingerprint density at radius 1 is 1.12 bits per heavy atom. The second-order valence-corrected chi connectivity index (χ2v) is 15.9. The SMILES string of the molecule is COc1nc(N)nc2c1nc(I)n2[C@@H]1O[C@H](COP(=O)(N[C@@H](C)C(=O)OCc2ccccc2)N[C@@H](C)C(=O)OCC(C)(C)C)[C@@H](O)[C@@]1(C)O. The summed E-state index contributed by atoms with van der Waals surface area (Å²) in [5.41, 5.74) is 4.77. The van der Waals surface area contributed by atoms with Crippen molar-refractivity contribution in [3.8, 4) is 5.88 Å². The number of hydrogen-bond acceptors (Lipinski definition) is 14. The molecule has 1 aliphatic rings. The maximum absolute atomic E-state index is 14.3. The largest absolute Gasteiger partial charge is 0.479 e. The fourth-order valence-electron chi connectivity index (χ4n) is 4.81. The van der Waals surface area contributed by atoms with Crippen molar-refractivity contribution in [2.45, 2.75) is 84.3 Å². The van der Waals surface area contributed by atoms with Gasteiger partial charge in [-0.25, -0.2) is 15.2 Å². The van der Waals surface area contributed by atoms with Crippen LogP contribution in [-0.4, -0.2) is 91.9 Å². The van der Waals surface area contributed by atoms with Crippen LogP contribution in [-0.2, 0) is 39.5 Å². The molecule has 270 valence electrons. The summed E-state index contributed by atoms with van der Waals surface area (Å²) in [6.45, 7) is 9.36. The van der Waals surface area contributed by atoms with Gasteiger partial charge >= 0.3 is 19.6 Å². The average Bonchev–Trinajstić information content (AvgIpc) is 3.47. The minimum Gasteiger partial charge on any atom is -0.479 e. The topological polar surface area (TPSA) is 231 Å². The summed E-state index contributed by atoms with van der Waals surface area (Å²) < 4.78 is 43.9. The molecule has 4 rings (SSSR count). The fourth-order valence-corrected chi connectivity index (χ4v) is 7.35. The number of imidazole rings is 1. The number of nitrogen functional groups attached to an aromatic ring is 1. The molecule has 2 aromatic heterocycles. The molecule has 1 fully saturated rings. The van der Waals surface area contributed by atoms with Crippen LogP contribution in [0, 0.1) is 9.25 Å². The van der Waals surface area contributed by atoms with Crippen LogP contribution in [0.5, 0.6) is 5.88 Å². The van der Waals surface area contributed by atoms with E-state index in [1.807, 2.05) is 49.4 Å². The Morgan fingerprint density at radius 2 is 1.73 bits per heavy atom. The van der Waals surface area contributed by atoms with Gasteiger partial charge in [-0.1, -0.05) is 51.1 Å². The summed E-state index contributed by atoms with van der Waals surface area (Å²) in [5, 5.41) is 27.9. The van der Waals surface area contributed by atoms with E-state index in [0.717, 1.165) is 5.56 Å². The van der Waals surface area contributed by atoms with Gasteiger partial charge < -0.3 is 39.4 Å². The number of nitrogens with zero attached hydrogens (tertiary/aromatic N) is 4. The molecule has 1 saturated heterocycles. The summed E-state index contributed by atoms with van der Waals surface area (Å²) in [6.07, 6.45) is -4.12. The van der Waals surface area contributed by atoms with Crippen LogP contribution >= 0.6 is 30.3 Å². The van der Waals surface area contributed by atoms with Crippen LogP contribution in [0.4, 0.5) is 5.95 Å². The number of esters is 2. The smallest absolute Gasteiger partial charge is 0.342 e. The van der Waals surface area contributed by atoms with Gasteiger partial charge in [-0.2, -0.15) is 9.97 Å². The Kier molecular flexibility index (Phi) is 12.3. The minimum absolute atomic E-state index is 0.0252. The quantitative estimate of drug-likeness (QED) is 0.0681. The third-order valence-corrected chi connectivity index (χ3v) is 10.1. The third-order valence-electron chi connectivity index (χ3n) is 7.39. The van der Waals surface area contributed by atoms with Crippen LogP contribution in [0.15, 0.2) is 30.3 Å². The lowest BCUT2D eigenvalue weighted by Crippen LogP contribution is -2.46. The van der Waals surface area contributed by atoms with Crippen LogP contribution in [0.2, 0.25) is 0 Å². The van der Waals surface area contributed by atoms with Crippen molar-refractivity contribution in [1.82, 2.24) is 29.7 Å². The molecule has 3 aromatic rings. The standard InChI is InChI=1S/C30H43IN7O10P/c1-16(24(40)45-13-18-11-9-8-10-12-18)36-49(43,37-17(2)25(41)46-15-29(3,4)5)47-14-19-21(39)30(6,42)26(48-19)38-22-20(33-27(38)31)23(44-7)35-28(32)34-22/h8-12,16-17,19,21,26,39,42H,13-15H2,1-7H3,(H2,32,34,35)(H2,36,37,43)/t16-,17-,19+,21+,26+,30+,49?/m0/s1. The monoisotopic (exact) mass is 819 g/mol. The van der Waals surface area contributed by atoms with E-state index >= 15 is 0 Å². The molecule has 0 amide bonds. The second-order valence-electron chi connectivity index (χ2n) is 13.0. The lowest BCUT2D eigenvalue weighted by molar-refractivity contribution is -0.148. The summed E-state index contributed by atoms with van der Waals surface area (Å²) in [5.74, 6) is -1.47. The minimum atomic E-state index is -4.31. The van der Waals surface area contributed by atoms with Crippen molar-refractivity contribution in [1.29, 1.82) is 0 Å². The van der Waals surface area contributed by atoms with Gasteiger partial charge in [-0.15, -0.1) is 0 Å². The Labute approximate surface area is 297 Å². The summed E-state index contributed by atoms with van der Waals surface area (Å²) in [6, 6.07) is 6.67. The third kappa shape index (κ3) is 9.43. The number of carbonyl (C=O) groups excluding carboxylic acids is 2. The molecular formula is C30H43IN7O10P.